The topological polar surface area (TPSA) is 84.9 Å². The minimum atomic E-state index is -1.61. The van der Waals surface area contributed by atoms with Crippen LogP contribution in [-0.4, -0.2) is 35.1 Å². The van der Waals surface area contributed by atoms with Crippen molar-refractivity contribution in [2.75, 3.05) is 6.61 Å². The molecule has 0 aromatic heterocycles. The van der Waals surface area contributed by atoms with Gasteiger partial charge in [-0.1, -0.05) is 26.7 Å². The molecular weight excluding hydrogens is 274 g/mol. The van der Waals surface area contributed by atoms with Crippen LogP contribution in [0.25, 0.3) is 0 Å². The highest BCUT2D eigenvalue weighted by atomic mass is 16.6. The zero-order chi connectivity index (χ0) is 16.5. The van der Waals surface area contributed by atoms with E-state index in [4.69, 9.17) is 9.47 Å². The molecule has 0 unspecified atom stereocenters. The molecule has 0 aromatic carbocycles. The number of alkyl carbamates (subject to hydrolysis) is 1. The molecule has 0 aliphatic rings. The SMILES string of the molecule is CCCCCC(=O)OC[C@](O)(CC)NC(=O)OC(C)(C)C. The summed E-state index contributed by atoms with van der Waals surface area (Å²) in [5.74, 6) is -0.374. The number of hydrogen-bond donors (Lipinski definition) is 2. The average Bonchev–Trinajstić information content (AvgIpc) is 2.34. The lowest BCUT2D eigenvalue weighted by molar-refractivity contribution is -0.154. The predicted octanol–water partition coefficient (Wildman–Crippen LogP) is 2.73. The van der Waals surface area contributed by atoms with E-state index in [1.807, 2.05) is 6.92 Å². The maximum atomic E-state index is 11.7. The van der Waals surface area contributed by atoms with Gasteiger partial charge in [0.1, 0.15) is 12.2 Å². The molecule has 0 saturated carbocycles. The Hall–Kier alpha value is -1.30. The second-order valence-electron chi connectivity index (χ2n) is 6.13. The van der Waals surface area contributed by atoms with Crippen LogP contribution in [0.1, 0.15) is 66.7 Å². The van der Waals surface area contributed by atoms with Gasteiger partial charge in [-0.15, -0.1) is 0 Å². The molecule has 2 N–H and O–H groups in total. The summed E-state index contributed by atoms with van der Waals surface area (Å²) in [5.41, 5.74) is -2.27. The third kappa shape index (κ3) is 10.1. The average molecular weight is 303 g/mol. The molecule has 0 heterocycles. The molecule has 0 aliphatic carbocycles. The summed E-state index contributed by atoms with van der Waals surface area (Å²) in [5, 5.41) is 12.6. The number of rotatable bonds is 8. The second-order valence-corrected chi connectivity index (χ2v) is 6.13. The molecular formula is C15H29NO5. The van der Waals surface area contributed by atoms with E-state index in [0.717, 1.165) is 19.3 Å². The van der Waals surface area contributed by atoms with Crippen molar-refractivity contribution in [2.24, 2.45) is 0 Å². The van der Waals surface area contributed by atoms with Crippen molar-refractivity contribution in [3.63, 3.8) is 0 Å². The molecule has 21 heavy (non-hydrogen) atoms. The number of nitrogens with one attached hydrogen (secondary N) is 1. The molecule has 0 bridgehead atoms. The van der Waals surface area contributed by atoms with E-state index in [0.29, 0.717) is 6.42 Å². The quantitative estimate of drug-likeness (QED) is 0.409. The van der Waals surface area contributed by atoms with Crippen LogP contribution in [0.3, 0.4) is 0 Å². The molecule has 0 fully saturated rings. The van der Waals surface area contributed by atoms with E-state index < -0.39 is 17.4 Å². The number of carbonyl (C=O) groups excluding carboxylic acids is 2. The zero-order valence-electron chi connectivity index (χ0n) is 13.8. The summed E-state index contributed by atoms with van der Waals surface area (Å²) in [6.07, 6.45) is 2.53. The molecule has 1 atom stereocenters. The highest BCUT2D eigenvalue weighted by Gasteiger charge is 2.31. The van der Waals surface area contributed by atoms with E-state index in [9.17, 15) is 14.7 Å². The normalized spacial score (nSPS) is 14.2. The molecule has 0 aliphatic heterocycles. The maximum Gasteiger partial charge on any atom is 0.410 e. The Morgan fingerprint density at radius 2 is 1.76 bits per heavy atom. The Kier molecular flexibility index (Phi) is 8.32. The number of amides is 1. The summed E-state index contributed by atoms with van der Waals surface area (Å²) in [7, 11) is 0. The van der Waals surface area contributed by atoms with Gasteiger partial charge in [-0.05, 0) is 33.6 Å². The van der Waals surface area contributed by atoms with Crippen molar-refractivity contribution in [3.05, 3.63) is 0 Å². The Morgan fingerprint density at radius 3 is 2.24 bits per heavy atom. The monoisotopic (exact) mass is 303 g/mol. The fourth-order valence-electron chi connectivity index (χ4n) is 1.51. The first-order valence-electron chi connectivity index (χ1n) is 7.51. The van der Waals surface area contributed by atoms with Gasteiger partial charge >= 0.3 is 12.1 Å². The third-order valence-corrected chi connectivity index (χ3v) is 2.77. The van der Waals surface area contributed by atoms with Crippen LogP contribution in [0, 0.1) is 0 Å². The molecule has 0 radical (unpaired) electrons. The lowest BCUT2D eigenvalue weighted by Gasteiger charge is -2.29. The summed E-state index contributed by atoms with van der Waals surface area (Å²) < 4.78 is 10.1. The van der Waals surface area contributed by atoms with Gasteiger partial charge in [0.05, 0.1) is 0 Å². The van der Waals surface area contributed by atoms with Crippen molar-refractivity contribution in [1.29, 1.82) is 0 Å². The van der Waals surface area contributed by atoms with Gasteiger partial charge in [-0.2, -0.15) is 0 Å². The summed E-state index contributed by atoms with van der Waals surface area (Å²) in [6.45, 7) is 8.63. The maximum absolute atomic E-state index is 11.7. The first-order chi connectivity index (χ1) is 9.62. The first kappa shape index (κ1) is 19.7. The smallest absolute Gasteiger partial charge is 0.410 e. The van der Waals surface area contributed by atoms with Crippen LogP contribution in [-0.2, 0) is 14.3 Å². The predicted molar refractivity (Wildman–Crippen MR) is 79.7 cm³/mol. The van der Waals surface area contributed by atoms with Crippen molar-refractivity contribution >= 4 is 12.1 Å². The van der Waals surface area contributed by atoms with Crippen molar-refractivity contribution in [1.82, 2.24) is 5.32 Å². The van der Waals surface area contributed by atoms with E-state index in [2.05, 4.69) is 5.32 Å². The Labute approximate surface area is 127 Å². The standard InChI is InChI=1S/C15H29NO5/c1-6-8-9-10-12(17)20-11-15(19,7-2)16-13(18)21-14(3,4)5/h19H,6-11H2,1-5H3,(H,16,18)/t15-/m1/s1. The Balaban J connectivity index is 4.27. The van der Waals surface area contributed by atoms with Crippen LogP contribution < -0.4 is 5.32 Å². The molecule has 6 heteroatoms. The van der Waals surface area contributed by atoms with E-state index in [1.54, 1.807) is 27.7 Å². The van der Waals surface area contributed by atoms with Gasteiger partial charge in [0.2, 0.25) is 0 Å². The third-order valence-electron chi connectivity index (χ3n) is 2.77. The van der Waals surface area contributed by atoms with Crippen LogP contribution in [0.2, 0.25) is 0 Å². The van der Waals surface area contributed by atoms with Gasteiger partial charge in [-0.25, -0.2) is 4.79 Å². The second kappa shape index (κ2) is 8.87. The lowest BCUT2D eigenvalue weighted by atomic mass is 10.1. The molecule has 0 spiro atoms. The molecule has 0 saturated heterocycles. The fourth-order valence-corrected chi connectivity index (χ4v) is 1.51. The van der Waals surface area contributed by atoms with Gasteiger partial charge in [0, 0.05) is 6.42 Å². The Morgan fingerprint density at radius 1 is 1.14 bits per heavy atom. The molecule has 1 amide bonds. The first-order valence-corrected chi connectivity index (χ1v) is 7.51. The minimum absolute atomic E-state index is 0.203. The van der Waals surface area contributed by atoms with Crippen molar-refractivity contribution in [2.45, 2.75) is 78.0 Å². The number of ether oxygens (including phenoxy) is 2. The summed E-state index contributed by atoms with van der Waals surface area (Å²) >= 11 is 0. The van der Waals surface area contributed by atoms with Crippen LogP contribution in [0.4, 0.5) is 4.79 Å². The number of hydrogen-bond acceptors (Lipinski definition) is 5. The summed E-state index contributed by atoms with van der Waals surface area (Å²) in [4.78, 5) is 23.2. The zero-order valence-corrected chi connectivity index (χ0v) is 13.8. The van der Waals surface area contributed by atoms with E-state index in [-0.39, 0.29) is 19.0 Å². The number of carbonyl (C=O) groups is 2. The van der Waals surface area contributed by atoms with Gasteiger partial charge in [0.15, 0.2) is 5.72 Å². The van der Waals surface area contributed by atoms with Crippen LogP contribution >= 0.6 is 0 Å². The fraction of sp³-hybridized carbons (Fsp3) is 0.867. The van der Waals surface area contributed by atoms with Gasteiger partial charge in [-0.3, -0.25) is 10.1 Å². The van der Waals surface area contributed by atoms with Crippen LogP contribution in [0.5, 0.6) is 0 Å². The summed E-state index contributed by atoms with van der Waals surface area (Å²) in [6, 6.07) is 0. The molecule has 6 nitrogen and oxygen atoms in total. The highest BCUT2D eigenvalue weighted by Crippen LogP contribution is 2.12. The number of unbranched alkanes of at least 4 members (excludes halogenated alkanes) is 2. The van der Waals surface area contributed by atoms with Gasteiger partial charge in [0.25, 0.3) is 0 Å². The highest BCUT2D eigenvalue weighted by molar-refractivity contribution is 5.70. The van der Waals surface area contributed by atoms with E-state index >= 15 is 0 Å². The molecule has 124 valence electrons. The number of esters is 1. The van der Waals surface area contributed by atoms with Crippen LogP contribution in [0.15, 0.2) is 0 Å². The Bertz CT molecular complexity index is 337. The minimum Gasteiger partial charge on any atom is -0.461 e. The van der Waals surface area contributed by atoms with Gasteiger partial charge < -0.3 is 14.6 Å². The number of aliphatic hydroxyl groups is 1. The van der Waals surface area contributed by atoms with E-state index in [1.165, 1.54) is 0 Å². The largest absolute Gasteiger partial charge is 0.461 e. The molecule has 0 aromatic rings. The van der Waals surface area contributed by atoms with Crippen molar-refractivity contribution in [3.8, 4) is 0 Å². The van der Waals surface area contributed by atoms with Crippen molar-refractivity contribution < 1.29 is 24.2 Å². The molecule has 0 rings (SSSR count). The lowest BCUT2D eigenvalue weighted by Crippen LogP contribution is -2.53.